The van der Waals surface area contributed by atoms with Gasteiger partial charge in [0.25, 0.3) is 5.91 Å². The minimum Gasteiger partial charge on any atom is -0.384 e. The van der Waals surface area contributed by atoms with E-state index >= 15 is 0 Å². The number of carbonyl (C=O) groups is 1. The van der Waals surface area contributed by atoms with Gasteiger partial charge in [0.15, 0.2) is 0 Å². The number of carbonyl (C=O) groups excluding carboxylic acids is 1. The van der Waals surface area contributed by atoms with Gasteiger partial charge >= 0.3 is 0 Å². The molecule has 108 valence electrons. The van der Waals surface area contributed by atoms with Gasteiger partial charge in [-0.2, -0.15) is 0 Å². The average molecular weight is 293 g/mol. The summed E-state index contributed by atoms with van der Waals surface area (Å²) in [6, 6.07) is 1.95. The number of aliphatic hydroxyl groups excluding tert-OH is 1. The summed E-state index contributed by atoms with van der Waals surface area (Å²) in [5.41, 5.74) is 0.388. The first kappa shape index (κ1) is 15.0. The van der Waals surface area contributed by atoms with E-state index in [-0.39, 0.29) is 12.5 Å². The second kappa shape index (κ2) is 6.40. The Morgan fingerprint density at radius 3 is 3.10 bits per heavy atom. The number of hydrogen-bond donors (Lipinski definition) is 1. The van der Waals surface area contributed by atoms with Crippen molar-refractivity contribution in [3.8, 4) is 11.8 Å². The molecule has 0 aromatic carbocycles. The zero-order valence-electron chi connectivity index (χ0n) is 11.8. The van der Waals surface area contributed by atoms with Gasteiger partial charge in [0.1, 0.15) is 12.2 Å². The number of rotatable bonds is 3. The lowest BCUT2D eigenvalue weighted by molar-refractivity contribution is -0.150. The normalized spacial score (nSPS) is 21.4. The lowest BCUT2D eigenvalue weighted by Crippen LogP contribution is -2.44. The molecule has 1 aliphatic heterocycles. The smallest absolute Gasteiger partial charge is 0.254 e. The fourth-order valence-electron chi connectivity index (χ4n) is 2.35. The summed E-state index contributed by atoms with van der Waals surface area (Å²) in [5.74, 6) is 5.52. The van der Waals surface area contributed by atoms with Gasteiger partial charge in [0.2, 0.25) is 0 Å². The summed E-state index contributed by atoms with van der Waals surface area (Å²) < 4.78 is 5.58. The zero-order valence-corrected chi connectivity index (χ0v) is 12.6. The number of hydrogen-bond acceptors (Lipinski definition) is 4. The standard InChI is InChI=1S/C15H19NO3S/c1-15(6-4-8-19-15)14(18)16(2)10-12-9-13(20-11-12)5-3-7-17/h9,11,17H,4,6-8,10H2,1-2H3. The Morgan fingerprint density at radius 2 is 2.45 bits per heavy atom. The second-order valence-electron chi connectivity index (χ2n) is 5.12. The van der Waals surface area contributed by atoms with Crippen LogP contribution in [0.1, 0.15) is 30.2 Å². The molecule has 1 aromatic rings. The molecule has 5 heteroatoms. The lowest BCUT2D eigenvalue weighted by Gasteiger charge is -2.28. The van der Waals surface area contributed by atoms with Crippen LogP contribution in [0.25, 0.3) is 0 Å². The van der Waals surface area contributed by atoms with Crippen LogP contribution in [0.5, 0.6) is 0 Å². The Morgan fingerprint density at radius 1 is 1.65 bits per heavy atom. The van der Waals surface area contributed by atoms with E-state index in [1.807, 2.05) is 18.4 Å². The quantitative estimate of drug-likeness (QED) is 0.862. The van der Waals surface area contributed by atoms with Crippen LogP contribution in [0.4, 0.5) is 0 Å². The van der Waals surface area contributed by atoms with Crippen molar-refractivity contribution in [3.63, 3.8) is 0 Å². The van der Waals surface area contributed by atoms with E-state index in [2.05, 4.69) is 11.8 Å². The van der Waals surface area contributed by atoms with Crippen molar-refractivity contribution < 1.29 is 14.6 Å². The molecule has 2 rings (SSSR count). The van der Waals surface area contributed by atoms with E-state index in [1.54, 1.807) is 11.9 Å². The molecular formula is C15H19NO3S. The van der Waals surface area contributed by atoms with Crippen LogP contribution in [0, 0.1) is 11.8 Å². The zero-order chi connectivity index (χ0) is 14.6. The summed E-state index contributed by atoms with van der Waals surface area (Å²) in [5, 5.41) is 10.7. The van der Waals surface area contributed by atoms with Gasteiger partial charge in [-0.15, -0.1) is 11.3 Å². The molecule has 20 heavy (non-hydrogen) atoms. The van der Waals surface area contributed by atoms with Crippen LogP contribution < -0.4 is 0 Å². The van der Waals surface area contributed by atoms with E-state index in [1.165, 1.54) is 11.3 Å². The molecule has 4 nitrogen and oxygen atoms in total. The largest absolute Gasteiger partial charge is 0.384 e. The Labute approximate surface area is 123 Å². The molecule has 1 fully saturated rings. The topological polar surface area (TPSA) is 49.8 Å². The third-order valence-electron chi connectivity index (χ3n) is 3.38. The molecule has 2 heterocycles. The molecule has 1 amide bonds. The lowest BCUT2D eigenvalue weighted by atomic mass is 10.0. The average Bonchev–Trinajstić information content (AvgIpc) is 3.05. The summed E-state index contributed by atoms with van der Waals surface area (Å²) >= 11 is 1.52. The van der Waals surface area contributed by atoms with Gasteiger partial charge in [-0.25, -0.2) is 0 Å². The van der Waals surface area contributed by atoms with Crippen molar-refractivity contribution in [2.45, 2.75) is 31.9 Å². The Hall–Kier alpha value is -1.35. The molecule has 1 aromatic heterocycles. The van der Waals surface area contributed by atoms with Gasteiger partial charge in [-0.3, -0.25) is 4.79 Å². The number of thiophene rings is 1. The maximum Gasteiger partial charge on any atom is 0.254 e. The fourth-order valence-corrected chi connectivity index (χ4v) is 3.12. The van der Waals surface area contributed by atoms with Gasteiger partial charge in [-0.05, 0) is 36.8 Å². The predicted molar refractivity (Wildman–Crippen MR) is 78.3 cm³/mol. The molecule has 0 spiro atoms. The molecule has 1 saturated heterocycles. The van der Waals surface area contributed by atoms with Crippen LogP contribution in [-0.2, 0) is 16.1 Å². The van der Waals surface area contributed by atoms with Crippen molar-refractivity contribution in [3.05, 3.63) is 21.9 Å². The van der Waals surface area contributed by atoms with Crippen LogP contribution >= 0.6 is 11.3 Å². The van der Waals surface area contributed by atoms with Gasteiger partial charge in [0, 0.05) is 20.2 Å². The SMILES string of the molecule is CN(Cc1csc(C#CCO)c1)C(=O)C1(C)CCCO1. The van der Waals surface area contributed by atoms with Crippen molar-refractivity contribution >= 4 is 17.2 Å². The van der Waals surface area contributed by atoms with E-state index in [0.717, 1.165) is 23.3 Å². The molecule has 1 N–H and O–H groups in total. The minimum absolute atomic E-state index is 0.0317. The number of amides is 1. The highest BCUT2D eigenvalue weighted by Crippen LogP contribution is 2.27. The fraction of sp³-hybridized carbons (Fsp3) is 0.533. The molecular weight excluding hydrogens is 274 g/mol. The highest BCUT2D eigenvalue weighted by Gasteiger charge is 2.39. The van der Waals surface area contributed by atoms with Crippen molar-refractivity contribution in [2.24, 2.45) is 0 Å². The van der Waals surface area contributed by atoms with Crippen molar-refractivity contribution in [1.29, 1.82) is 0 Å². The maximum atomic E-state index is 12.4. The monoisotopic (exact) mass is 293 g/mol. The molecule has 0 saturated carbocycles. The highest BCUT2D eigenvalue weighted by molar-refractivity contribution is 7.10. The third kappa shape index (κ3) is 3.40. The van der Waals surface area contributed by atoms with E-state index in [4.69, 9.17) is 9.84 Å². The first-order chi connectivity index (χ1) is 9.55. The summed E-state index contributed by atoms with van der Waals surface area (Å²) in [6.45, 7) is 2.94. The summed E-state index contributed by atoms with van der Waals surface area (Å²) in [6.07, 6.45) is 1.72. The summed E-state index contributed by atoms with van der Waals surface area (Å²) in [4.78, 5) is 15.0. The Bertz CT molecular complexity index is 535. The molecule has 0 bridgehead atoms. The molecule has 1 unspecified atom stereocenters. The first-order valence-electron chi connectivity index (χ1n) is 6.62. The van der Waals surface area contributed by atoms with E-state index in [0.29, 0.717) is 13.2 Å². The molecule has 0 radical (unpaired) electrons. The van der Waals surface area contributed by atoms with E-state index < -0.39 is 5.60 Å². The number of likely N-dealkylation sites (N-methyl/N-ethyl adjacent to an activating group) is 1. The molecule has 1 atom stereocenters. The predicted octanol–water partition coefficient (Wildman–Crippen LogP) is 1.62. The number of aliphatic hydroxyl groups is 1. The van der Waals surface area contributed by atoms with Crippen LogP contribution in [0.15, 0.2) is 11.4 Å². The number of nitrogens with zero attached hydrogens (tertiary/aromatic N) is 1. The first-order valence-corrected chi connectivity index (χ1v) is 7.50. The second-order valence-corrected chi connectivity index (χ2v) is 6.03. The molecule has 1 aliphatic rings. The van der Waals surface area contributed by atoms with Gasteiger partial charge in [0.05, 0.1) is 4.88 Å². The van der Waals surface area contributed by atoms with Crippen LogP contribution in [0.3, 0.4) is 0 Å². The van der Waals surface area contributed by atoms with Crippen molar-refractivity contribution in [1.82, 2.24) is 4.90 Å². The van der Waals surface area contributed by atoms with Gasteiger partial charge < -0.3 is 14.7 Å². The minimum atomic E-state index is -0.662. The highest BCUT2D eigenvalue weighted by atomic mass is 32.1. The van der Waals surface area contributed by atoms with Crippen LogP contribution in [0.2, 0.25) is 0 Å². The Balaban J connectivity index is 1.98. The van der Waals surface area contributed by atoms with Crippen molar-refractivity contribution in [2.75, 3.05) is 20.3 Å². The van der Waals surface area contributed by atoms with Gasteiger partial charge in [-0.1, -0.05) is 11.8 Å². The third-order valence-corrected chi connectivity index (χ3v) is 4.28. The van der Waals surface area contributed by atoms with E-state index in [9.17, 15) is 4.79 Å². The van der Waals surface area contributed by atoms with Crippen LogP contribution in [-0.4, -0.2) is 41.8 Å². The maximum absolute atomic E-state index is 12.4. The molecule has 0 aliphatic carbocycles. The summed E-state index contributed by atoms with van der Waals surface area (Å²) in [7, 11) is 1.80. The Kier molecular flexibility index (Phi) is 4.81. The number of ether oxygens (including phenoxy) is 1.